The van der Waals surface area contributed by atoms with Gasteiger partial charge in [-0.05, 0) is 42.0 Å². The molecule has 1 amide bonds. The Morgan fingerprint density at radius 2 is 1.72 bits per heavy atom. The fraction of sp³-hybridized carbons (Fsp3) is 0.0526. The van der Waals surface area contributed by atoms with Gasteiger partial charge in [-0.3, -0.25) is 9.78 Å². The number of rotatable bonds is 5. The van der Waals surface area contributed by atoms with E-state index >= 15 is 0 Å². The van der Waals surface area contributed by atoms with Gasteiger partial charge in [0.25, 0.3) is 5.91 Å². The molecule has 1 aromatic heterocycles. The van der Waals surface area contributed by atoms with Crippen LogP contribution in [0.4, 0.5) is 11.4 Å². The van der Waals surface area contributed by atoms with E-state index in [1.165, 1.54) is 6.20 Å². The van der Waals surface area contributed by atoms with Crippen molar-refractivity contribution in [2.24, 2.45) is 0 Å². The second kappa shape index (κ2) is 8.01. The van der Waals surface area contributed by atoms with Gasteiger partial charge in [-0.2, -0.15) is 0 Å². The Balaban J connectivity index is 1.67. The smallest absolute Gasteiger partial charge is 0.257 e. The molecule has 6 heteroatoms. The van der Waals surface area contributed by atoms with Gasteiger partial charge in [-0.15, -0.1) is 0 Å². The van der Waals surface area contributed by atoms with Crippen LogP contribution in [-0.4, -0.2) is 10.9 Å². The lowest BCUT2D eigenvalue weighted by Crippen LogP contribution is -2.12. The van der Waals surface area contributed by atoms with Crippen LogP contribution in [0.3, 0.4) is 0 Å². The molecule has 126 valence electrons. The number of hydrogen-bond acceptors (Lipinski definition) is 3. The lowest BCUT2D eigenvalue weighted by Gasteiger charge is -2.09. The molecule has 25 heavy (non-hydrogen) atoms. The molecule has 4 nitrogen and oxygen atoms in total. The standard InChI is InChI=1S/C19H15Cl2N3O/c20-15-5-7-16(8-6-15)24-19(25)14-9-17(12-22-10-14)23-11-13-3-1-2-4-18(13)21/h1-10,12,23H,11H2,(H,24,25). The van der Waals surface area contributed by atoms with Gasteiger partial charge in [-0.25, -0.2) is 0 Å². The summed E-state index contributed by atoms with van der Waals surface area (Å²) in [6, 6.07) is 16.3. The van der Waals surface area contributed by atoms with Crippen LogP contribution in [0, 0.1) is 0 Å². The third kappa shape index (κ3) is 4.72. The molecule has 1 heterocycles. The van der Waals surface area contributed by atoms with Crippen molar-refractivity contribution in [1.82, 2.24) is 4.98 Å². The normalized spacial score (nSPS) is 10.3. The number of carbonyl (C=O) groups excluding carboxylic acids is 1. The highest BCUT2D eigenvalue weighted by Gasteiger charge is 2.08. The number of halogens is 2. The van der Waals surface area contributed by atoms with Gasteiger partial charge in [0, 0.05) is 34.7 Å². The van der Waals surface area contributed by atoms with Crippen molar-refractivity contribution in [1.29, 1.82) is 0 Å². The number of hydrogen-bond donors (Lipinski definition) is 2. The molecule has 0 saturated carbocycles. The third-order valence-electron chi connectivity index (χ3n) is 3.54. The molecular formula is C19H15Cl2N3O. The number of benzene rings is 2. The number of amides is 1. The number of pyridine rings is 1. The van der Waals surface area contributed by atoms with Gasteiger partial charge >= 0.3 is 0 Å². The van der Waals surface area contributed by atoms with Crippen LogP contribution < -0.4 is 10.6 Å². The largest absolute Gasteiger partial charge is 0.380 e. The maximum atomic E-state index is 12.3. The molecule has 2 N–H and O–H groups in total. The van der Waals surface area contributed by atoms with E-state index in [1.54, 1.807) is 36.5 Å². The van der Waals surface area contributed by atoms with Crippen molar-refractivity contribution >= 4 is 40.5 Å². The maximum Gasteiger partial charge on any atom is 0.257 e. The molecule has 0 aliphatic rings. The average molecular weight is 372 g/mol. The highest BCUT2D eigenvalue weighted by Crippen LogP contribution is 2.18. The molecule has 0 unspecified atom stereocenters. The highest BCUT2D eigenvalue weighted by molar-refractivity contribution is 6.31. The first-order valence-corrected chi connectivity index (χ1v) is 8.36. The van der Waals surface area contributed by atoms with Crippen LogP contribution in [0.5, 0.6) is 0 Å². The lowest BCUT2D eigenvalue weighted by molar-refractivity contribution is 0.102. The molecule has 3 aromatic rings. The summed E-state index contributed by atoms with van der Waals surface area (Å²) in [6.07, 6.45) is 3.18. The highest BCUT2D eigenvalue weighted by atomic mass is 35.5. The van der Waals surface area contributed by atoms with Crippen molar-refractivity contribution < 1.29 is 4.79 Å². The molecule has 2 aromatic carbocycles. The van der Waals surface area contributed by atoms with Crippen LogP contribution in [0.1, 0.15) is 15.9 Å². The summed E-state index contributed by atoms with van der Waals surface area (Å²) in [6.45, 7) is 0.545. The van der Waals surface area contributed by atoms with Gasteiger partial charge in [-0.1, -0.05) is 41.4 Å². The minimum Gasteiger partial charge on any atom is -0.380 e. The summed E-state index contributed by atoms with van der Waals surface area (Å²) >= 11 is 12.0. The molecule has 3 rings (SSSR count). The van der Waals surface area contributed by atoms with Crippen molar-refractivity contribution in [3.05, 3.63) is 88.2 Å². The van der Waals surface area contributed by atoms with E-state index in [9.17, 15) is 4.79 Å². The SMILES string of the molecule is O=C(Nc1ccc(Cl)cc1)c1cncc(NCc2ccccc2Cl)c1. The Labute approximate surface area is 155 Å². The molecular weight excluding hydrogens is 357 g/mol. The third-order valence-corrected chi connectivity index (χ3v) is 4.16. The molecule has 0 aliphatic carbocycles. The Hall–Kier alpha value is -2.56. The van der Waals surface area contributed by atoms with E-state index in [2.05, 4.69) is 15.6 Å². The van der Waals surface area contributed by atoms with E-state index in [1.807, 2.05) is 24.3 Å². The van der Waals surface area contributed by atoms with Crippen molar-refractivity contribution in [3.63, 3.8) is 0 Å². The van der Waals surface area contributed by atoms with Gasteiger partial charge in [0.05, 0.1) is 11.3 Å². The first-order chi connectivity index (χ1) is 12.1. The fourth-order valence-electron chi connectivity index (χ4n) is 2.24. The molecule has 0 bridgehead atoms. The summed E-state index contributed by atoms with van der Waals surface area (Å²) in [5, 5.41) is 7.34. The van der Waals surface area contributed by atoms with E-state index in [0.717, 1.165) is 11.3 Å². The van der Waals surface area contributed by atoms with E-state index in [4.69, 9.17) is 23.2 Å². The minimum atomic E-state index is -0.240. The summed E-state index contributed by atoms with van der Waals surface area (Å²) in [5.74, 6) is -0.240. The van der Waals surface area contributed by atoms with Crippen molar-refractivity contribution in [3.8, 4) is 0 Å². The molecule has 0 fully saturated rings. The molecule has 0 saturated heterocycles. The van der Waals surface area contributed by atoms with E-state index in [0.29, 0.717) is 27.8 Å². The number of aromatic nitrogens is 1. The van der Waals surface area contributed by atoms with Crippen molar-refractivity contribution in [2.75, 3.05) is 10.6 Å². The number of nitrogens with zero attached hydrogens (tertiary/aromatic N) is 1. The van der Waals surface area contributed by atoms with Crippen LogP contribution in [0.15, 0.2) is 67.0 Å². The Morgan fingerprint density at radius 1 is 0.960 bits per heavy atom. The zero-order valence-electron chi connectivity index (χ0n) is 13.2. The zero-order chi connectivity index (χ0) is 17.6. The Morgan fingerprint density at radius 3 is 2.48 bits per heavy atom. The van der Waals surface area contributed by atoms with Crippen LogP contribution in [0.25, 0.3) is 0 Å². The quantitative estimate of drug-likeness (QED) is 0.643. The summed E-state index contributed by atoms with van der Waals surface area (Å²) in [7, 11) is 0. The van der Waals surface area contributed by atoms with Crippen molar-refractivity contribution in [2.45, 2.75) is 6.54 Å². The second-order valence-corrected chi connectivity index (χ2v) is 6.21. The van der Waals surface area contributed by atoms with Gasteiger partial charge in [0.2, 0.25) is 0 Å². The van der Waals surface area contributed by atoms with Gasteiger partial charge in [0.15, 0.2) is 0 Å². The Kier molecular flexibility index (Phi) is 5.53. The summed E-state index contributed by atoms with van der Waals surface area (Å²) in [4.78, 5) is 16.5. The Bertz CT molecular complexity index is 882. The lowest BCUT2D eigenvalue weighted by atomic mass is 10.2. The monoisotopic (exact) mass is 371 g/mol. The molecule has 0 radical (unpaired) electrons. The van der Waals surface area contributed by atoms with Gasteiger partial charge < -0.3 is 10.6 Å². The second-order valence-electron chi connectivity index (χ2n) is 5.37. The molecule has 0 atom stereocenters. The van der Waals surface area contributed by atoms with E-state index in [-0.39, 0.29) is 5.91 Å². The topological polar surface area (TPSA) is 54.0 Å². The van der Waals surface area contributed by atoms with Crippen LogP contribution in [-0.2, 0) is 6.54 Å². The number of carbonyl (C=O) groups is 1. The summed E-state index contributed by atoms with van der Waals surface area (Å²) in [5.41, 5.74) is 2.84. The van der Waals surface area contributed by atoms with Gasteiger partial charge in [0.1, 0.15) is 0 Å². The van der Waals surface area contributed by atoms with E-state index < -0.39 is 0 Å². The first-order valence-electron chi connectivity index (χ1n) is 7.61. The first kappa shape index (κ1) is 17.3. The number of anilines is 2. The fourth-order valence-corrected chi connectivity index (χ4v) is 2.56. The maximum absolute atomic E-state index is 12.3. The summed E-state index contributed by atoms with van der Waals surface area (Å²) < 4.78 is 0. The minimum absolute atomic E-state index is 0.240. The number of nitrogens with one attached hydrogen (secondary N) is 2. The average Bonchev–Trinajstić information content (AvgIpc) is 2.63. The predicted molar refractivity (Wildman–Crippen MR) is 102 cm³/mol. The van der Waals surface area contributed by atoms with Crippen LogP contribution in [0.2, 0.25) is 10.0 Å². The zero-order valence-corrected chi connectivity index (χ0v) is 14.7. The predicted octanol–water partition coefficient (Wildman–Crippen LogP) is 5.25. The molecule has 0 spiro atoms. The van der Waals surface area contributed by atoms with Crippen LogP contribution >= 0.6 is 23.2 Å². The molecule has 0 aliphatic heterocycles.